The second kappa shape index (κ2) is 5.66. The Labute approximate surface area is 133 Å². The molecule has 1 aromatic heterocycles. The van der Waals surface area contributed by atoms with Crippen LogP contribution in [0.15, 0.2) is 26.0 Å². The maximum Gasteiger partial charge on any atom is 1.00 e. The second-order valence-electron chi connectivity index (χ2n) is 3.21. The average molecular weight is 343 g/mol. The minimum absolute atomic E-state index is 0. The molecule has 7 nitrogen and oxygen atoms in total. The van der Waals surface area contributed by atoms with Crippen LogP contribution in [-0.4, -0.2) is 30.3 Å². The summed E-state index contributed by atoms with van der Waals surface area (Å²) in [5.74, 6) is -1.24. The first-order chi connectivity index (χ1) is 7.88. The SMILES string of the molecule is O=C(O)CC1=NS(=O)(=O)c2cc(Br)cnc2N1.[Na+]. The van der Waals surface area contributed by atoms with Crippen molar-refractivity contribution in [3.63, 3.8) is 0 Å². The molecule has 2 N–H and O–H groups in total. The van der Waals surface area contributed by atoms with Crippen LogP contribution < -0.4 is 34.9 Å². The Balaban J connectivity index is 0.00000162. The van der Waals surface area contributed by atoms with E-state index in [1.807, 2.05) is 0 Å². The molecule has 0 fully saturated rings. The Kier molecular flexibility index (Phi) is 4.90. The molecule has 1 aliphatic heterocycles. The number of sulfonamides is 1. The second-order valence-corrected chi connectivity index (χ2v) is 5.70. The Morgan fingerprint density at radius 2 is 2.17 bits per heavy atom. The summed E-state index contributed by atoms with van der Waals surface area (Å²) in [7, 11) is -3.89. The number of rotatable bonds is 2. The molecule has 0 atom stereocenters. The van der Waals surface area contributed by atoms with Crippen LogP contribution in [0.1, 0.15) is 6.42 Å². The summed E-state index contributed by atoms with van der Waals surface area (Å²) in [4.78, 5) is 14.3. The van der Waals surface area contributed by atoms with E-state index < -0.39 is 22.4 Å². The topological polar surface area (TPSA) is 109 Å². The van der Waals surface area contributed by atoms with E-state index in [-0.39, 0.29) is 46.1 Å². The van der Waals surface area contributed by atoms with Crippen LogP contribution in [-0.2, 0) is 14.8 Å². The predicted molar refractivity (Wildman–Crippen MR) is 62.4 cm³/mol. The molecule has 10 heteroatoms. The number of pyridine rings is 1. The zero-order valence-electron chi connectivity index (χ0n) is 9.21. The van der Waals surface area contributed by atoms with Gasteiger partial charge in [-0.25, -0.2) is 4.98 Å². The third-order valence-corrected chi connectivity index (χ3v) is 3.67. The molecule has 0 aliphatic carbocycles. The summed E-state index contributed by atoms with van der Waals surface area (Å²) in [6.45, 7) is 0. The standard InChI is InChI=1S/C8H6BrN3O4S.Na/c9-4-1-5-8(10-3-4)11-6(2-7(13)14)12-17(5,15)16;/h1,3H,2H2,(H,13,14)(H,10,11,12);/q;+1. The number of nitrogens with one attached hydrogen (secondary N) is 1. The molecule has 0 amide bonds. The van der Waals surface area contributed by atoms with Crippen LogP contribution in [0, 0.1) is 0 Å². The number of nitrogens with zero attached hydrogens (tertiary/aromatic N) is 2. The van der Waals surface area contributed by atoms with E-state index in [1.165, 1.54) is 12.3 Å². The van der Waals surface area contributed by atoms with Crippen LogP contribution in [0.5, 0.6) is 0 Å². The van der Waals surface area contributed by atoms with Crippen LogP contribution in [0.25, 0.3) is 0 Å². The third-order valence-electron chi connectivity index (χ3n) is 1.91. The van der Waals surface area contributed by atoms with Crippen molar-refractivity contribution in [2.24, 2.45) is 4.40 Å². The fraction of sp³-hybridized carbons (Fsp3) is 0.125. The summed E-state index contributed by atoms with van der Waals surface area (Å²) in [5.41, 5.74) is 0. The Morgan fingerprint density at radius 3 is 2.78 bits per heavy atom. The first-order valence-corrected chi connectivity index (χ1v) is 6.60. The van der Waals surface area contributed by atoms with Crippen molar-refractivity contribution in [1.82, 2.24) is 4.98 Å². The van der Waals surface area contributed by atoms with E-state index in [1.54, 1.807) is 0 Å². The summed E-state index contributed by atoms with van der Waals surface area (Å²) in [6, 6.07) is 1.35. The van der Waals surface area contributed by atoms with Gasteiger partial charge in [-0.1, -0.05) is 0 Å². The van der Waals surface area contributed by atoms with Crippen molar-refractivity contribution in [2.75, 3.05) is 5.32 Å². The molecule has 90 valence electrons. The summed E-state index contributed by atoms with van der Waals surface area (Å²) in [6.07, 6.45) is 0.904. The number of anilines is 1. The van der Waals surface area contributed by atoms with Crippen molar-refractivity contribution >= 4 is 43.6 Å². The summed E-state index contributed by atoms with van der Waals surface area (Å²) in [5, 5.41) is 11.2. The fourth-order valence-electron chi connectivity index (χ4n) is 1.28. The van der Waals surface area contributed by atoms with Gasteiger partial charge in [-0.2, -0.15) is 8.42 Å². The molecule has 2 heterocycles. The maximum absolute atomic E-state index is 11.7. The number of aromatic nitrogens is 1. The number of hydrogen-bond donors (Lipinski definition) is 2. The van der Waals surface area contributed by atoms with Crippen LogP contribution in [0.3, 0.4) is 0 Å². The molecule has 0 saturated carbocycles. The van der Waals surface area contributed by atoms with Gasteiger partial charge in [-0.05, 0) is 22.0 Å². The molecule has 0 unspecified atom stereocenters. The van der Waals surface area contributed by atoms with Gasteiger partial charge in [0.2, 0.25) is 0 Å². The van der Waals surface area contributed by atoms with Crippen LogP contribution in [0.2, 0.25) is 0 Å². The quantitative estimate of drug-likeness (QED) is 0.592. The number of aliphatic carboxylic acids is 1. The zero-order valence-corrected chi connectivity index (χ0v) is 13.6. The van der Waals surface area contributed by atoms with Gasteiger partial charge in [0.25, 0.3) is 10.0 Å². The Morgan fingerprint density at radius 1 is 1.50 bits per heavy atom. The monoisotopic (exact) mass is 342 g/mol. The molecule has 0 spiro atoms. The van der Waals surface area contributed by atoms with Gasteiger partial charge < -0.3 is 10.4 Å². The molecule has 0 radical (unpaired) electrons. The van der Waals surface area contributed by atoms with Crippen molar-refractivity contribution in [3.8, 4) is 0 Å². The fourth-order valence-corrected chi connectivity index (χ4v) is 2.89. The first-order valence-electron chi connectivity index (χ1n) is 4.37. The van der Waals surface area contributed by atoms with E-state index in [0.29, 0.717) is 4.47 Å². The van der Waals surface area contributed by atoms with Crippen LogP contribution in [0.4, 0.5) is 5.82 Å². The number of carbonyl (C=O) groups is 1. The van der Waals surface area contributed by atoms with E-state index in [0.717, 1.165) is 0 Å². The Hall–Kier alpha value is -0.480. The molecule has 0 bridgehead atoms. The largest absolute Gasteiger partial charge is 1.00 e. The number of fused-ring (bicyclic) bond motifs is 1. The average Bonchev–Trinajstić information content (AvgIpc) is 2.17. The van der Waals surface area contributed by atoms with Crippen molar-refractivity contribution < 1.29 is 47.9 Å². The van der Waals surface area contributed by atoms with E-state index >= 15 is 0 Å². The van der Waals surface area contributed by atoms with Crippen molar-refractivity contribution in [2.45, 2.75) is 11.3 Å². The maximum atomic E-state index is 11.7. The van der Waals surface area contributed by atoms with Gasteiger partial charge in [0.1, 0.15) is 17.2 Å². The van der Waals surface area contributed by atoms with Crippen LogP contribution >= 0.6 is 15.9 Å². The normalized spacial score (nSPS) is 15.7. The molecular weight excluding hydrogens is 337 g/mol. The molecular formula is C8H6BrN3NaO4S+. The molecule has 2 rings (SSSR count). The van der Waals surface area contributed by atoms with E-state index in [9.17, 15) is 13.2 Å². The minimum Gasteiger partial charge on any atom is -0.481 e. The number of amidine groups is 1. The van der Waals surface area contributed by atoms with Gasteiger partial charge in [-0.15, -0.1) is 4.40 Å². The first kappa shape index (κ1) is 15.6. The van der Waals surface area contributed by atoms with Gasteiger partial charge in [-0.3, -0.25) is 4.79 Å². The molecule has 1 aliphatic rings. The molecule has 0 saturated heterocycles. The van der Waals surface area contributed by atoms with Gasteiger partial charge in [0.15, 0.2) is 5.82 Å². The number of carboxylic acid groups (broad SMARTS) is 1. The summed E-state index contributed by atoms with van der Waals surface area (Å²) < 4.78 is 27.3. The number of carboxylic acids is 1. The third kappa shape index (κ3) is 3.29. The minimum atomic E-state index is -3.89. The van der Waals surface area contributed by atoms with E-state index in [4.69, 9.17) is 5.11 Å². The number of hydrogen-bond acceptors (Lipinski definition) is 5. The number of halogens is 1. The predicted octanol–water partition coefficient (Wildman–Crippen LogP) is -2.16. The summed E-state index contributed by atoms with van der Waals surface area (Å²) >= 11 is 3.10. The molecule has 1 aromatic rings. The van der Waals surface area contributed by atoms with Gasteiger partial charge >= 0.3 is 35.5 Å². The van der Waals surface area contributed by atoms with Gasteiger partial charge in [0.05, 0.1) is 0 Å². The van der Waals surface area contributed by atoms with Crippen molar-refractivity contribution in [3.05, 3.63) is 16.7 Å². The van der Waals surface area contributed by atoms with E-state index in [2.05, 4.69) is 30.6 Å². The smallest absolute Gasteiger partial charge is 0.481 e. The molecule has 18 heavy (non-hydrogen) atoms. The zero-order chi connectivity index (χ0) is 12.6. The van der Waals surface area contributed by atoms with Crippen molar-refractivity contribution in [1.29, 1.82) is 0 Å². The Bertz CT molecular complexity index is 631. The van der Waals surface area contributed by atoms with Gasteiger partial charge in [0, 0.05) is 10.7 Å². The molecule has 0 aromatic carbocycles.